The molecule has 0 fully saturated rings. The maximum absolute atomic E-state index is 12.0. The molecule has 22 heavy (non-hydrogen) atoms. The average molecular weight is 337 g/mol. The molecule has 1 aliphatic heterocycles. The van der Waals surface area contributed by atoms with Crippen molar-refractivity contribution in [2.24, 2.45) is 0 Å². The molecule has 0 atom stereocenters. The Labute approximate surface area is 133 Å². The molecule has 6 heteroatoms. The quantitative estimate of drug-likeness (QED) is 0.615. The monoisotopic (exact) mass is 336 g/mol. The lowest BCUT2D eigenvalue weighted by Gasteiger charge is -2.43. The maximum Gasteiger partial charge on any atom is 0.338 e. The molecular formula is C16H24O4Si2. The summed E-state index contributed by atoms with van der Waals surface area (Å²) in [6.45, 7) is 9.75. The lowest BCUT2D eigenvalue weighted by atomic mass is 9.99. The van der Waals surface area contributed by atoms with Crippen LogP contribution in [0.5, 0.6) is 0 Å². The first-order valence-electron chi connectivity index (χ1n) is 7.45. The molecule has 0 N–H and O–H groups in total. The van der Waals surface area contributed by atoms with Gasteiger partial charge in [0.15, 0.2) is 0 Å². The second-order valence-electron chi connectivity index (χ2n) is 7.27. The molecule has 0 spiro atoms. The van der Waals surface area contributed by atoms with E-state index in [0.29, 0.717) is 11.1 Å². The summed E-state index contributed by atoms with van der Waals surface area (Å²) in [7, 11) is 0.0228. The molecule has 0 unspecified atom stereocenters. The van der Waals surface area contributed by atoms with Gasteiger partial charge in [0.05, 0.1) is 25.3 Å². The van der Waals surface area contributed by atoms with Gasteiger partial charge in [0.2, 0.25) is 0 Å². The molecule has 1 aromatic rings. The summed E-state index contributed by atoms with van der Waals surface area (Å²) in [6.07, 6.45) is 0. The second kappa shape index (κ2) is 5.66. The zero-order valence-corrected chi connectivity index (χ0v) is 16.2. The van der Waals surface area contributed by atoms with E-state index < -0.39 is 27.1 Å². The van der Waals surface area contributed by atoms with Crippen LogP contribution in [-0.2, 0) is 21.6 Å². The molecule has 0 aromatic heterocycles. The number of hydrogen-bond acceptors (Lipinski definition) is 4. The minimum Gasteiger partial charge on any atom is -0.465 e. The van der Waals surface area contributed by atoms with Gasteiger partial charge in [0, 0.05) is 15.2 Å². The zero-order chi connectivity index (χ0) is 16.7. The van der Waals surface area contributed by atoms with Crippen LogP contribution in [0.3, 0.4) is 0 Å². The van der Waals surface area contributed by atoms with E-state index in [2.05, 4.69) is 26.2 Å². The molecule has 1 aliphatic rings. The van der Waals surface area contributed by atoms with Gasteiger partial charge in [0.1, 0.15) is 0 Å². The minimum absolute atomic E-state index is 0.319. The maximum atomic E-state index is 12.0. The van der Waals surface area contributed by atoms with E-state index in [1.807, 2.05) is 12.1 Å². The molecule has 0 saturated carbocycles. The van der Waals surface area contributed by atoms with Crippen LogP contribution < -0.4 is 0 Å². The number of hydrogen-bond donors (Lipinski definition) is 0. The number of methoxy groups -OCH3 is 2. The Morgan fingerprint density at radius 1 is 0.818 bits per heavy atom. The summed E-state index contributed by atoms with van der Waals surface area (Å²) in [4.78, 5) is 24.0. The Balaban J connectivity index is 2.61. The Bertz CT molecular complexity index is 580. The largest absolute Gasteiger partial charge is 0.465 e. The molecule has 120 valence electrons. The van der Waals surface area contributed by atoms with E-state index >= 15 is 0 Å². The molecule has 0 saturated heterocycles. The number of ether oxygens (including phenoxy) is 2. The smallest absolute Gasteiger partial charge is 0.338 e. The number of esters is 2. The van der Waals surface area contributed by atoms with Gasteiger partial charge in [-0.3, -0.25) is 0 Å². The third-order valence-electron chi connectivity index (χ3n) is 5.25. The Kier molecular flexibility index (Phi) is 4.36. The highest BCUT2D eigenvalue weighted by Gasteiger charge is 2.45. The van der Waals surface area contributed by atoms with Crippen LogP contribution in [0.1, 0.15) is 31.8 Å². The molecule has 1 aromatic carbocycles. The molecule has 4 nitrogen and oxygen atoms in total. The summed E-state index contributed by atoms with van der Waals surface area (Å²) in [5.74, 6) is -0.963. The summed E-state index contributed by atoms with van der Waals surface area (Å²) >= 11 is 0. The second-order valence-corrected chi connectivity index (χ2v) is 23.6. The number of fused-ring (bicyclic) bond motifs is 1. The zero-order valence-electron chi connectivity index (χ0n) is 14.2. The first-order valence-corrected chi connectivity index (χ1v) is 14.9. The number of rotatable bonds is 2. The van der Waals surface area contributed by atoms with E-state index in [9.17, 15) is 9.59 Å². The lowest BCUT2D eigenvalue weighted by molar-refractivity contribution is 0.0555. The van der Waals surface area contributed by atoms with Crippen LogP contribution in [-0.4, -0.2) is 41.3 Å². The molecule has 0 bridgehead atoms. The minimum atomic E-state index is -1.32. The van der Waals surface area contributed by atoms with Gasteiger partial charge in [-0.25, -0.2) is 9.59 Å². The van der Waals surface area contributed by atoms with Crippen molar-refractivity contribution in [1.29, 1.82) is 0 Å². The Morgan fingerprint density at radius 3 is 1.41 bits per heavy atom. The van der Waals surface area contributed by atoms with Crippen LogP contribution >= 0.6 is 0 Å². The Hall–Kier alpha value is -1.41. The van der Waals surface area contributed by atoms with Gasteiger partial charge in [-0.05, 0) is 35.3 Å². The van der Waals surface area contributed by atoms with Crippen molar-refractivity contribution in [3.05, 3.63) is 34.4 Å². The Morgan fingerprint density at radius 2 is 1.14 bits per heavy atom. The van der Waals surface area contributed by atoms with Gasteiger partial charge in [-0.1, -0.05) is 26.2 Å². The molecule has 0 aliphatic carbocycles. The van der Waals surface area contributed by atoms with Gasteiger partial charge in [-0.2, -0.15) is 0 Å². The summed E-state index contributed by atoms with van der Waals surface area (Å²) < 4.78 is 9.66. The standard InChI is InChI=1S/C16H24O4Si2/c1-19-15(17)13-7-11-9-21(3,4)22(5,6)10-12(11)8-14(13)16(18)20-2/h7-8H,9-10H2,1-6H3. The van der Waals surface area contributed by atoms with Crippen molar-refractivity contribution in [3.8, 4) is 0 Å². The fourth-order valence-electron chi connectivity index (χ4n) is 3.01. The lowest BCUT2D eigenvalue weighted by Crippen LogP contribution is -2.60. The van der Waals surface area contributed by atoms with E-state index in [4.69, 9.17) is 9.47 Å². The summed E-state index contributed by atoms with van der Waals surface area (Å²) in [6, 6.07) is 5.83. The van der Waals surface area contributed by atoms with Crippen molar-refractivity contribution in [2.75, 3.05) is 14.2 Å². The first kappa shape index (κ1) is 17.0. The van der Waals surface area contributed by atoms with Crippen molar-refractivity contribution >= 4 is 27.1 Å². The molecule has 0 radical (unpaired) electrons. The van der Waals surface area contributed by atoms with Gasteiger partial charge >= 0.3 is 11.9 Å². The highest BCUT2D eigenvalue weighted by molar-refractivity contribution is 7.40. The predicted molar refractivity (Wildman–Crippen MR) is 91.5 cm³/mol. The van der Waals surface area contributed by atoms with Crippen LogP contribution in [0.15, 0.2) is 12.1 Å². The van der Waals surface area contributed by atoms with E-state index in [1.165, 1.54) is 25.3 Å². The van der Waals surface area contributed by atoms with E-state index in [1.54, 1.807) is 0 Å². The number of carbonyl (C=O) groups is 2. The van der Waals surface area contributed by atoms with Crippen molar-refractivity contribution in [2.45, 2.75) is 38.3 Å². The molecule has 0 amide bonds. The highest BCUT2D eigenvalue weighted by Crippen LogP contribution is 2.35. The average Bonchev–Trinajstić information content (AvgIpc) is 2.45. The van der Waals surface area contributed by atoms with E-state index in [-0.39, 0.29) is 0 Å². The third kappa shape index (κ3) is 2.77. The van der Waals surface area contributed by atoms with E-state index in [0.717, 1.165) is 12.1 Å². The van der Waals surface area contributed by atoms with Crippen LogP contribution in [0, 0.1) is 0 Å². The van der Waals surface area contributed by atoms with Gasteiger partial charge < -0.3 is 9.47 Å². The van der Waals surface area contributed by atoms with Crippen LogP contribution in [0.2, 0.25) is 26.2 Å². The third-order valence-corrected chi connectivity index (χ3v) is 23.5. The molecular weight excluding hydrogens is 312 g/mol. The van der Waals surface area contributed by atoms with Gasteiger partial charge in [0.25, 0.3) is 0 Å². The van der Waals surface area contributed by atoms with Crippen LogP contribution in [0.25, 0.3) is 0 Å². The fourth-order valence-corrected chi connectivity index (χ4v) is 10.5. The van der Waals surface area contributed by atoms with Crippen LogP contribution in [0.4, 0.5) is 0 Å². The molecule has 2 rings (SSSR count). The number of carbonyl (C=O) groups excluding carboxylic acids is 2. The summed E-state index contributed by atoms with van der Waals surface area (Å²) in [5.41, 5.74) is 3.05. The predicted octanol–water partition coefficient (Wildman–Crippen LogP) is 2.93. The number of benzene rings is 1. The fraction of sp³-hybridized carbons (Fsp3) is 0.500. The van der Waals surface area contributed by atoms with Crippen molar-refractivity contribution in [1.82, 2.24) is 0 Å². The first-order chi connectivity index (χ1) is 10.1. The normalized spacial score (nSPS) is 18.3. The summed E-state index contributed by atoms with van der Waals surface area (Å²) in [5, 5.41) is 0. The van der Waals surface area contributed by atoms with Crippen molar-refractivity contribution in [3.63, 3.8) is 0 Å². The highest BCUT2D eigenvalue weighted by atomic mass is 29.3. The van der Waals surface area contributed by atoms with Crippen molar-refractivity contribution < 1.29 is 19.1 Å². The SMILES string of the molecule is COC(=O)c1cc2c(cc1C(=O)OC)C[Si](C)(C)[Si](C)(C)C2. The molecule has 1 heterocycles. The topological polar surface area (TPSA) is 52.6 Å². The van der Waals surface area contributed by atoms with Gasteiger partial charge in [-0.15, -0.1) is 0 Å².